The Kier molecular flexibility index (Phi) is 3.72. The highest BCUT2D eigenvalue weighted by Gasteiger charge is 2.06. The minimum Gasteiger partial charge on any atom is -0.496 e. The van der Waals surface area contributed by atoms with Crippen LogP contribution in [0.15, 0.2) is 45.8 Å². The Morgan fingerprint density at radius 2 is 2.11 bits per heavy atom. The molecular formula is C13H13BrN2O2. The Morgan fingerprint density at radius 3 is 2.83 bits per heavy atom. The van der Waals surface area contributed by atoms with Gasteiger partial charge in [0, 0.05) is 17.4 Å². The summed E-state index contributed by atoms with van der Waals surface area (Å²) in [6.07, 6.45) is 1.62. The van der Waals surface area contributed by atoms with E-state index in [-0.39, 0.29) is 5.56 Å². The fourth-order valence-electron chi connectivity index (χ4n) is 1.76. The first kappa shape index (κ1) is 12.7. The molecule has 1 aromatic carbocycles. The highest BCUT2D eigenvalue weighted by molar-refractivity contribution is 9.10. The quantitative estimate of drug-likeness (QED) is 0.946. The molecule has 4 nitrogen and oxygen atoms in total. The molecule has 0 unspecified atom stereocenters. The summed E-state index contributed by atoms with van der Waals surface area (Å²) in [7, 11) is 1.61. The molecule has 1 aromatic heterocycles. The summed E-state index contributed by atoms with van der Waals surface area (Å²) in [6.45, 7) is 0.423. The van der Waals surface area contributed by atoms with Gasteiger partial charge in [0.2, 0.25) is 0 Å². The molecule has 0 spiro atoms. The first-order valence-electron chi connectivity index (χ1n) is 5.39. The van der Waals surface area contributed by atoms with Crippen molar-refractivity contribution < 1.29 is 4.74 Å². The van der Waals surface area contributed by atoms with E-state index in [1.165, 1.54) is 0 Å². The van der Waals surface area contributed by atoms with Gasteiger partial charge in [0.15, 0.2) is 0 Å². The van der Waals surface area contributed by atoms with E-state index in [1.807, 2.05) is 24.3 Å². The molecule has 0 radical (unpaired) electrons. The number of rotatable bonds is 3. The standard InChI is InChI=1S/C13H13BrN2O2/c1-18-12-5-3-2-4-9(12)7-16-8-10(15)6-11(14)13(16)17/h2-6,8H,7,15H2,1H3. The fraction of sp³-hybridized carbons (Fsp3) is 0.154. The van der Waals surface area contributed by atoms with Crippen molar-refractivity contribution in [3.8, 4) is 5.75 Å². The van der Waals surface area contributed by atoms with Crippen molar-refractivity contribution in [3.63, 3.8) is 0 Å². The van der Waals surface area contributed by atoms with E-state index in [2.05, 4.69) is 15.9 Å². The van der Waals surface area contributed by atoms with Crippen LogP contribution in [0, 0.1) is 0 Å². The summed E-state index contributed by atoms with van der Waals surface area (Å²) in [5.41, 5.74) is 7.08. The van der Waals surface area contributed by atoms with Crippen LogP contribution in [0.2, 0.25) is 0 Å². The van der Waals surface area contributed by atoms with E-state index >= 15 is 0 Å². The summed E-state index contributed by atoms with van der Waals surface area (Å²) in [5, 5.41) is 0. The SMILES string of the molecule is COc1ccccc1Cn1cc(N)cc(Br)c1=O. The molecule has 0 amide bonds. The zero-order valence-corrected chi connectivity index (χ0v) is 11.5. The number of nitrogen functional groups attached to an aromatic ring is 1. The molecule has 2 aromatic rings. The van der Waals surface area contributed by atoms with Crippen LogP contribution in [0.3, 0.4) is 0 Å². The van der Waals surface area contributed by atoms with Crippen LogP contribution >= 0.6 is 15.9 Å². The minimum absolute atomic E-state index is 0.116. The second-order valence-electron chi connectivity index (χ2n) is 3.87. The third-order valence-electron chi connectivity index (χ3n) is 2.60. The third kappa shape index (κ3) is 2.56. The molecule has 0 aliphatic rings. The van der Waals surface area contributed by atoms with Crippen LogP contribution in [0.4, 0.5) is 5.69 Å². The number of benzene rings is 1. The van der Waals surface area contributed by atoms with Crippen molar-refractivity contribution in [1.29, 1.82) is 0 Å². The lowest BCUT2D eigenvalue weighted by molar-refractivity contribution is 0.408. The van der Waals surface area contributed by atoms with E-state index in [0.717, 1.165) is 11.3 Å². The number of anilines is 1. The molecule has 0 aliphatic carbocycles. The lowest BCUT2D eigenvalue weighted by Gasteiger charge is -2.11. The molecule has 0 saturated carbocycles. The van der Waals surface area contributed by atoms with Crippen LogP contribution in [0.25, 0.3) is 0 Å². The summed E-state index contributed by atoms with van der Waals surface area (Å²) < 4.78 is 7.27. The van der Waals surface area contributed by atoms with Gasteiger partial charge in [-0.25, -0.2) is 0 Å². The van der Waals surface area contributed by atoms with E-state index in [9.17, 15) is 4.79 Å². The second kappa shape index (κ2) is 5.27. The molecule has 0 fully saturated rings. The Morgan fingerprint density at radius 1 is 1.39 bits per heavy atom. The smallest absolute Gasteiger partial charge is 0.265 e. The van der Waals surface area contributed by atoms with Gasteiger partial charge in [0.25, 0.3) is 5.56 Å². The maximum absolute atomic E-state index is 11.9. The third-order valence-corrected chi connectivity index (χ3v) is 3.16. The predicted octanol–water partition coefficient (Wildman–Crippen LogP) is 2.25. The first-order valence-corrected chi connectivity index (χ1v) is 6.18. The number of hydrogen-bond donors (Lipinski definition) is 1. The summed E-state index contributed by atoms with van der Waals surface area (Å²) in [5.74, 6) is 0.753. The number of para-hydroxylation sites is 1. The number of hydrogen-bond acceptors (Lipinski definition) is 3. The van der Waals surface area contributed by atoms with Crippen molar-refractivity contribution >= 4 is 21.6 Å². The number of nitrogens with two attached hydrogens (primary N) is 1. The minimum atomic E-state index is -0.116. The molecule has 5 heteroatoms. The topological polar surface area (TPSA) is 57.2 Å². The Labute approximate surface area is 113 Å². The van der Waals surface area contributed by atoms with Crippen molar-refractivity contribution in [2.24, 2.45) is 0 Å². The number of ether oxygens (including phenoxy) is 1. The lowest BCUT2D eigenvalue weighted by atomic mass is 10.2. The largest absolute Gasteiger partial charge is 0.496 e. The molecule has 0 bridgehead atoms. The zero-order chi connectivity index (χ0) is 13.1. The number of aromatic nitrogens is 1. The van der Waals surface area contributed by atoms with Crippen LogP contribution in [-0.4, -0.2) is 11.7 Å². The van der Waals surface area contributed by atoms with E-state index < -0.39 is 0 Å². The van der Waals surface area contributed by atoms with Gasteiger partial charge in [-0.3, -0.25) is 4.79 Å². The molecule has 0 saturated heterocycles. The van der Waals surface area contributed by atoms with Gasteiger partial charge in [-0.2, -0.15) is 0 Å². The molecule has 0 aliphatic heterocycles. The summed E-state index contributed by atoms with van der Waals surface area (Å²) in [6, 6.07) is 9.18. The summed E-state index contributed by atoms with van der Waals surface area (Å²) in [4.78, 5) is 11.9. The van der Waals surface area contributed by atoms with Gasteiger partial charge in [-0.1, -0.05) is 18.2 Å². The molecule has 94 valence electrons. The van der Waals surface area contributed by atoms with Gasteiger partial charge < -0.3 is 15.0 Å². The van der Waals surface area contributed by atoms with Crippen LogP contribution < -0.4 is 16.0 Å². The summed E-state index contributed by atoms with van der Waals surface area (Å²) >= 11 is 3.20. The van der Waals surface area contributed by atoms with Gasteiger partial charge in [-0.15, -0.1) is 0 Å². The van der Waals surface area contributed by atoms with E-state index in [4.69, 9.17) is 10.5 Å². The van der Waals surface area contributed by atoms with Crippen molar-refractivity contribution in [3.05, 3.63) is 56.9 Å². The highest BCUT2D eigenvalue weighted by atomic mass is 79.9. The van der Waals surface area contributed by atoms with Crippen LogP contribution in [0.5, 0.6) is 5.75 Å². The molecular weight excluding hydrogens is 296 g/mol. The lowest BCUT2D eigenvalue weighted by Crippen LogP contribution is -2.21. The molecule has 2 N–H and O–H groups in total. The number of halogens is 1. The average molecular weight is 309 g/mol. The Hall–Kier alpha value is -1.75. The Balaban J connectivity index is 2.43. The maximum atomic E-state index is 11.9. The van der Waals surface area contributed by atoms with Crippen molar-refractivity contribution in [2.45, 2.75) is 6.54 Å². The van der Waals surface area contributed by atoms with Crippen LogP contribution in [-0.2, 0) is 6.54 Å². The number of methoxy groups -OCH3 is 1. The predicted molar refractivity (Wildman–Crippen MR) is 74.9 cm³/mol. The number of pyridine rings is 1. The van der Waals surface area contributed by atoms with Crippen molar-refractivity contribution in [1.82, 2.24) is 4.57 Å². The first-order chi connectivity index (χ1) is 8.61. The monoisotopic (exact) mass is 308 g/mol. The molecule has 1 heterocycles. The second-order valence-corrected chi connectivity index (χ2v) is 4.72. The number of nitrogens with zero attached hydrogens (tertiary/aromatic N) is 1. The average Bonchev–Trinajstić information content (AvgIpc) is 2.36. The van der Waals surface area contributed by atoms with E-state index in [1.54, 1.807) is 23.9 Å². The normalized spacial score (nSPS) is 10.3. The molecule has 0 atom stereocenters. The molecule has 2 rings (SSSR count). The van der Waals surface area contributed by atoms with Gasteiger partial charge in [0.05, 0.1) is 18.1 Å². The van der Waals surface area contributed by atoms with Crippen molar-refractivity contribution in [2.75, 3.05) is 12.8 Å². The fourth-order valence-corrected chi connectivity index (χ4v) is 2.25. The Bertz CT molecular complexity index is 623. The van der Waals surface area contributed by atoms with Gasteiger partial charge in [0.1, 0.15) is 5.75 Å². The molecule has 18 heavy (non-hydrogen) atoms. The maximum Gasteiger partial charge on any atom is 0.265 e. The highest BCUT2D eigenvalue weighted by Crippen LogP contribution is 2.18. The van der Waals surface area contributed by atoms with Crippen LogP contribution in [0.1, 0.15) is 5.56 Å². The van der Waals surface area contributed by atoms with Gasteiger partial charge in [-0.05, 0) is 28.1 Å². The van der Waals surface area contributed by atoms with E-state index in [0.29, 0.717) is 16.7 Å². The zero-order valence-electron chi connectivity index (χ0n) is 9.89. The van der Waals surface area contributed by atoms with Gasteiger partial charge >= 0.3 is 0 Å².